The summed E-state index contributed by atoms with van der Waals surface area (Å²) in [5.41, 5.74) is 1.26. The van der Waals surface area contributed by atoms with E-state index >= 15 is 0 Å². The largest absolute Gasteiger partial charge is 0.481 e. The third-order valence-corrected chi connectivity index (χ3v) is 3.65. The number of carbonyl (C=O) groups is 1. The number of carboxylic acids is 1. The van der Waals surface area contributed by atoms with Gasteiger partial charge in [0.2, 0.25) is 0 Å². The zero-order chi connectivity index (χ0) is 13.2. The molecule has 1 N–H and O–H groups in total. The zero-order valence-electron chi connectivity index (χ0n) is 11.0. The number of carboxylic acid groups (broad SMARTS) is 1. The predicted molar refractivity (Wildman–Crippen MR) is 66.5 cm³/mol. The van der Waals surface area contributed by atoms with Crippen molar-refractivity contribution in [3.8, 4) is 0 Å². The molecule has 1 aromatic heterocycles. The van der Waals surface area contributed by atoms with Gasteiger partial charge < -0.3 is 9.84 Å². The number of rotatable bonds is 5. The summed E-state index contributed by atoms with van der Waals surface area (Å²) in [6.07, 6.45) is 1.96. The van der Waals surface area contributed by atoms with E-state index in [1.807, 2.05) is 17.7 Å². The normalized spacial score (nSPS) is 23.4. The second-order valence-electron chi connectivity index (χ2n) is 4.86. The molecule has 0 bridgehead atoms. The molecule has 1 aliphatic rings. The van der Waals surface area contributed by atoms with E-state index in [1.54, 1.807) is 0 Å². The molecule has 0 saturated carbocycles. The Kier molecular flexibility index (Phi) is 3.71. The molecule has 18 heavy (non-hydrogen) atoms. The van der Waals surface area contributed by atoms with Gasteiger partial charge in [0.15, 0.2) is 0 Å². The molecule has 0 aromatic carbocycles. The van der Waals surface area contributed by atoms with Gasteiger partial charge in [-0.1, -0.05) is 6.92 Å². The lowest BCUT2D eigenvalue weighted by Crippen LogP contribution is -2.34. The van der Waals surface area contributed by atoms with E-state index in [4.69, 9.17) is 4.74 Å². The van der Waals surface area contributed by atoms with Gasteiger partial charge in [0.25, 0.3) is 0 Å². The fraction of sp³-hybridized carbons (Fsp3) is 0.692. The minimum absolute atomic E-state index is 0.304. The van der Waals surface area contributed by atoms with Gasteiger partial charge in [0.05, 0.1) is 17.7 Å². The van der Waals surface area contributed by atoms with Gasteiger partial charge in [0, 0.05) is 25.3 Å². The molecule has 1 atom stereocenters. The molecule has 5 nitrogen and oxygen atoms in total. The molecule has 1 aliphatic heterocycles. The Morgan fingerprint density at radius 3 is 2.89 bits per heavy atom. The summed E-state index contributed by atoms with van der Waals surface area (Å²) < 4.78 is 7.19. The van der Waals surface area contributed by atoms with Crippen molar-refractivity contribution in [1.29, 1.82) is 0 Å². The highest BCUT2D eigenvalue weighted by atomic mass is 16.5. The van der Waals surface area contributed by atoms with Gasteiger partial charge in [0.1, 0.15) is 0 Å². The molecule has 5 heteroatoms. The Labute approximate surface area is 107 Å². The van der Waals surface area contributed by atoms with Crippen LogP contribution in [0.1, 0.15) is 31.7 Å². The van der Waals surface area contributed by atoms with Crippen LogP contribution in [0.15, 0.2) is 6.07 Å². The summed E-state index contributed by atoms with van der Waals surface area (Å²) in [7, 11) is 0. The number of aryl methyl sites for hydroxylation is 2. The molecule has 2 rings (SSSR count). The quantitative estimate of drug-likeness (QED) is 0.862. The number of hydrogen-bond donors (Lipinski definition) is 1. The van der Waals surface area contributed by atoms with Crippen LogP contribution >= 0.6 is 0 Å². The first-order valence-electron chi connectivity index (χ1n) is 6.48. The van der Waals surface area contributed by atoms with Crippen LogP contribution in [0.4, 0.5) is 0 Å². The maximum Gasteiger partial charge on any atom is 0.312 e. The summed E-state index contributed by atoms with van der Waals surface area (Å²) in [5.74, 6) is -0.762. The van der Waals surface area contributed by atoms with Crippen molar-refractivity contribution in [2.75, 3.05) is 13.2 Å². The lowest BCUT2D eigenvalue weighted by atomic mass is 9.82. The van der Waals surface area contributed by atoms with E-state index in [0.29, 0.717) is 26.1 Å². The minimum Gasteiger partial charge on any atom is -0.481 e. The summed E-state index contributed by atoms with van der Waals surface area (Å²) in [6.45, 7) is 5.68. The van der Waals surface area contributed by atoms with Crippen molar-refractivity contribution in [2.45, 2.75) is 39.7 Å². The Morgan fingerprint density at radius 1 is 1.61 bits per heavy atom. The first-order chi connectivity index (χ1) is 8.61. The van der Waals surface area contributed by atoms with E-state index in [9.17, 15) is 9.90 Å². The number of hydrogen-bond acceptors (Lipinski definition) is 3. The molecule has 1 unspecified atom stereocenters. The van der Waals surface area contributed by atoms with Gasteiger partial charge in [-0.3, -0.25) is 9.48 Å². The molecule has 0 radical (unpaired) electrons. The highest BCUT2D eigenvalue weighted by Gasteiger charge is 2.43. The van der Waals surface area contributed by atoms with E-state index in [1.165, 1.54) is 0 Å². The lowest BCUT2D eigenvalue weighted by molar-refractivity contribution is -0.149. The van der Waals surface area contributed by atoms with Gasteiger partial charge in [-0.15, -0.1) is 0 Å². The van der Waals surface area contributed by atoms with Crippen LogP contribution in [0, 0.1) is 5.41 Å². The Bertz CT molecular complexity index is 433. The van der Waals surface area contributed by atoms with Crippen molar-refractivity contribution in [1.82, 2.24) is 9.78 Å². The van der Waals surface area contributed by atoms with Crippen molar-refractivity contribution < 1.29 is 14.6 Å². The first-order valence-corrected chi connectivity index (χ1v) is 6.48. The first kappa shape index (κ1) is 13.1. The van der Waals surface area contributed by atoms with Crippen LogP contribution in [0.3, 0.4) is 0 Å². The zero-order valence-corrected chi connectivity index (χ0v) is 11.0. The summed E-state index contributed by atoms with van der Waals surface area (Å²) in [5, 5.41) is 13.9. The van der Waals surface area contributed by atoms with Gasteiger partial charge in [-0.25, -0.2) is 0 Å². The third-order valence-electron chi connectivity index (χ3n) is 3.65. The van der Waals surface area contributed by atoms with Crippen LogP contribution in [-0.2, 0) is 28.9 Å². The average Bonchev–Trinajstić information content (AvgIpc) is 2.97. The molecule has 0 amide bonds. The highest BCUT2D eigenvalue weighted by Crippen LogP contribution is 2.33. The Morgan fingerprint density at radius 2 is 2.39 bits per heavy atom. The minimum atomic E-state index is -0.766. The molecule has 1 saturated heterocycles. The summed E-state index contributed by atoms with van der Waals surface area (Å²) in [4.78, 5) is 11.5. The van der Waals surface area contributed by atoms with Crippen molar-refractivity contribution in [3.05, 3.63) is 17.5 Å². The van der Waals surface area contributed by atoms with Crippen LogP contribution < -0.4 is 0 Å². The summed E-state index contributed by atoms with van der Waals surface area (Å²) >= 11 is 0. The molecular weight excluding hydrogens is 232 g/mol. The smallest absolute Gasteiger partial charge is 0.312 e. The second kappa shape index (κ2) is 5.10. The molecule has 1 aromatic rings. The monoisotopic (exact) mass is 252 g/mol. The highest BCUT2D eigenvalue weighted by molar-refractivity contribution is 5.75. The maximum absolute atomic E-state index is 11.5. The molecular formula is C13H20N2O3. The van der Waals surface area contributed by atoms with Gasteiger partial charge >= 0.3 is 5.97 Å². The number of aromatic nitrogens is 2. The fourth-order valence-corrected chi connectivity index (χ4v) is 2.44. The SMILES string of the molecule is CCc1cc(CC2(C(=O)O)CCOC2)n(CC)n1. The van der Waals surface area contributed by atoms with Crippen molar-refractivity contribution in [3.63, 3.8) is 0 Å². The van der Waals surface area contributed by atoms with Crippen LogP contribution in [0.2, 0.25) is 0 Å². The van der Waals surface area contributed by atoms with Crippen LogP contribution in [0.25, 0.3) is 0 Å². The lowest BCUT2D eigenvalue weighted by Gasteiger charge is -2.22. The standard InChI is InChI=1S/C13H20N2O3/c1-3-10-7-11(15(4-2)14-10)8-13(12(16)17)5-6-18-9-13/h7H,3-6,8-9H2,1-2H3,(H,16,17). The average molecular weight is 252 g/mol. The molecule has 100 valence electrons. The molecule has 2 heterocycles. The van der Waals surface area contributed by atoms with E-state index < -0.39 is 11.4 Å². The van der Waals surface area contributed by atoms with Crippen molar-refractivity contribution >= 4 is 5.97 Å². The topological polar surface area (TPSA) is 64.3 Å². The number of ether oxygens (including phenoxy) is 1. The maximum atomic E-state index is 11.5. The molecule has 0 aliphatic carbocycles. The second-order valence-corrected chi connectivity index (χ2v) is 4.86. The number of aliphatic carboxylic acids is 1. The molecule has 1 fully saturated rings. The fourth-order valence-electron chi connectivity index (χ4n) is 2.44. The third kappa shape index (κ3) is 2.27. The van der Waals surface area contributed by atoms with E-state index in [-0.39, 0.29) is 0 Å². The van der Waals surface area contributed by atoms with Crippen LogP contribution in [0.5, 0.6) is 0 Å². The van der Waals surface area contributed by atoms with E-state index in [0.717, 1.165) is 24.4 Å². The summed E-state index contributed by atoms with van der Waals surface area (Å²) in [6, 6.07) is 2.02. The van der Waals surface area contributed by atoms with Crippen LogP contribution in [-0.4, -0.2) is 34.1 Å². The molecule has 0 spiro atoms. The predicted octanol–water partition coefficient (Wildman–Crippen LogP) is 1.50. The number of nitrogens with zero attached hydrogens (tertiary/aromatic N) is 2. The van der Waals surface area contributed by atoms with Crippen molar-refractivity contribution in [2.24, 2.45) is 5.41 Å². The van der Waals surface area contributed by atoms with Gasteiger partial charge in [-0.05, 0) is 25.8 Å². The van der Waals surface area contributed by atoms with Gasteiger partial charge in [-0.2, -0.15) is 5.10 Å². The Balaban J connectivity index is 2.26. The Hall–Kier alpha value is -1.36. The van der Waals surface area contributed by atoms with E-state index in [2.05, 4.69) is 12.0 Å².